The van der Waals surface area contributed by atoms with E-state index in [9.17, 15) is 0 Å². The van der Waals surface area contributed by atoms with E-state index in [0.717, 1.165) is 17.0 Å². The Morgan fingerprint density at radius 1 is 0.882 bits per heavy atom. The minimum Gasteiger partial charge on any atom is -0.221 e. The van der Waals surface area contributed by atoms with Crippen LogP contribution in [-0.2, 0) is 12.8 Å². The Hall–Kier alpha value is -0.830. The molecule has 0 aliphatic carbocycles. The zero-order valence-corrected chi connectivity index (χ0v) is 11.1. The minimum absolute atomic E-state index is 0.367. The van der Waals surface area contributed by atoms with Crippen molar-refractivity contribution < 1.29 is 0 Å². The van der Waals surface area contributed by atoms with E-state index in [4.69, 9.17) is 34.8 Å². The fourth-order valence-electron chi connectivity index (χ4n) is 1.49. The monoisotopic (exact) mass is 286 g/mol. The summed E-state index contributed by atoms with van der Waals surface area (Å²) in [5.74, 6) is 0.641. The minimum atomic E-state index is 0.367. The van der Waals surface area contributed by atoms with Gasteiger partial charge in [-0.05, 0) is 24.1 Å². The predicted octanol–water partition coefficient (Wildman–Crippen LogP) is 4.22. The fourth-order valence-corrected chi connectivity index (χ4v) is 2.17. The third kappa shape index (κ3) is 3.84. The molecule has 0 saturated heterocycles. The number of benzene rings is 1. The number of halogens is 3. The van der Waals surface area contributed by atoms with Crippen LogP contribution < -0.4 is 0 Å². The van der Waals surface area contributed by atoms with E-state index in [-0.39, 0.29) is 0 Å². The Kier molecular flexibility index (Phi) is 4.21. The summed E-state index contributed by atoms with van der Waals surface area (Å²) in [7, 11) is 0. The van der Waals surface area contributed by atoms with Crippen molar-refractivity contribution in [3.05, 3.63) is 57.0 Å². The first-order valence-corrected chi connectivity index (χ1v) is 6.20. The average Bonchev–Trinajstić information content (AvgIpc) is 2.25. The second-order valence-electron chi connectivity index (χ2n) is 3.56. The molecule has 0 N–H and O–H groups in total. The SMILES string of the molecule is Clc1cccc(CCc2nc(Cl)cc(Cl)n2)c1. The van der Waals surface area contributed by atoms with E-state index < -0.39 is 0 Å². The lowest BCUT2D eigenvalue weighted by Gasteiger charge is -2.02. The highest BCUT2D eigenvalue weighted by molar-refractivity contribution is 6.33. The quantitative estimate of drug-likeness (QED) is 0.790. The summed E-state index contributed by atoms with van der Waals surface area (Å²) in [4.78, 5) is 8.22. The smallest absolute Gasteiger partial charge is 0.134 e. The van der Waals surface area contributed by atoms with Crippen molar-refractivity contribution in [2.24, 2.45) is 0 Å². The summed E-state index contributed by atoms with van der Waals surface area (Å²) < 4.78 is 0. The molecular weight excluding hydrogens is 279 g/mol. The van der Waals surface area contributed by atoms with Gasteiger partial charge in [-0.3, -0.25) is 0 Å². The van der Waals surface area contributed by atoms with E-state index in [0.29, 0.717) is 22.6 Å². The molecule has 2 rings (SSSR count). The summed E-state index contributed by atoms with van der Waals surface area (Å²) in [6.07, 6.45) is 1.48. The number of rotatable bonds is 3. The highest BCUT2D eigenvalue weighted by Gasteiger charge is 2.03. The van der Waals surface area contributed by atoms with Crippen LogP contribution in [0.2, 0.25) is 15.3 Å². The predicted molar refractivity (Wildman–Crippen MR) is 70.9 cm³/mol. The van der Waals surface area contributed by atoms with Gasteiger partial charge in [-0.25, -0.2) is 9.97 Å². The van der Waals surface area contributed by atoms with Gasteiger partial charge in [-0.2, -0.15) is 0 Å². The standard InChI is InChI=1S/C12H9Cl3N2/c13-9-3-1-2-8(6-9)4-5-12-16-10(14)7-11(15)17-12/h1-3,6-7H,4-5H2. The van der Waals surface area contributed by atoms with Crippen LogP contribution >= 0.6 is 34.8 Å². The molecule has 0 spiro atoms. The lowest BCUT2D eigenvalue weighted by Crippen LogP contribution is -1.98. The first-order chi connectivity index (χ1) is 8.13. The molecule has 0 aliphatic rings. The Morgan fingerprint density at radius 2 is 1.59 bits per heavy atom. The molecule has 0 aliphatic heterocycles. The maximum Gasteiger partial charge on any atom is 0.134 e. The lowest BCUT2D eigenvalue weighted by molar-refractivity contribution is 0.858. The van der Waals surface area contributed by atoms with Crippen molar-refractivity contribution in [3.63, 3.8) is 0 Å². The van der Waals surface area contributed by atoms with Gasteiger partial charge in [0, 0.05) is 17.5 Å². The van der Waals surface area contributed by atoms with Crippen molar-refractivity contribution in [2.75, 3.05) is 0 Å². The normalized spacial score (nSPS) is 10.5. The van der Waals surface area contributed by atoms with Gasteiger partial charge in [0.15, 0.2) is 0 Å². The van der Waals surface area contributed by atoms with Crippen LogP contribution in [0.3, 0.4) is 0 Å². The zero-order chi connectivity index (χ0) is 12.3. The Balaban J connectivity index is 2.07. The number of aromatic nitrogens is 2. The van der Waals surface area contributed by atoms with E-state index in [1.165, 1.54) is 6.07 Å². The van der Waals surface area contributed by atoms with Gasteiger partial charge in [0.2, 0.25) is 0 Å². The molecule has 1 aromatic carbocycles. The van der Waals surface area contributed by atoms with E-state index in [2.05, 4.69) is 9.97 Å². The molecule has 0 fully saturated rings. The van der Waals surface area contributed by atoms with Gasteiger partial charge in [-0.15, -0.1) is 0 Å². The van der Waals surface area contributed by atoms with Crippen LogP contribution in [0.4, 0.5) is 0 Å². The molecule has 88 valence electrons. The highest BCUT2D eigenvalue weighted by Crippen LogP contribution is 2.15. The molecule has 0 atom stereocenters. The van der Waals surface area contributed by atoms with Gasteiger partial charge in [-0.1, -0.05) is 46.9 Å². The molecule has 0 radical (unpaired) electrons. The first kappa shape index (κ1) is 12.6. The third-order valence-corrected chi connectivity index (χ3v) is 2.86. The summed E-state index contributed by atoms with van der Waals surface area (Å²) in [6, 6.07) is 9.22. The fraction of sp³-hybridized carbons (Fsp3) is 0.167. The van der Waals surface area contributed by atoms with Crippen molar-refractivity contribution >= 4 is 34.8 Å². The van der Waals surface area contributed by atoms with E-state index in [1.54, 1.807) is 0 Å². The van der Waals surface area contributed by atoms with Crippen LogP contribution in [0.25, 0.3) is 0 Å². The second-order valence-corrected chi connectivity index (χ2v) is 4.77. The van der Waals surface area contributed by atoms with Crippen molar-refractivity contribution in [1.82, 2.24) is 9.97 Å². The number of hydrogen-bond donors (Lipinski definition) is 0. The maximum atomic E-state index is 5.90. The summed E-state index contributed by atoms with van der Waals surface area (Å²) in [5, 5.41) is 1.46. The van der Waals surface area contributed by atoms with Gasteiger partial charge in [0.1, 0.15) is 16.1 Å². The van der Waals surface area contributed by atoms with Crippen LogP contribution in [0.5, 0.6) is 0 Å². The van der Waals surface area contributed by atoms with Crippen LogP contribution in [0, 0.1) is 0 Å². The highest BCUT2D eigenvalue weighted by atomic mass is 35.5. The van der Waals surface area contributed by atoms with Crippen LogP contribution in [0.15, 0.2) is 30.3 Å². The zero-order valence-electron chi connectivity index (χ0n) is 8.83. The number of hydrogen-bond acceptors (Lipinski definition) is 2. The average molecular weight is 288 g/mol. The number of aryl methyl sites for hydroxylation is 2. The maximum absolute atomic E-state index is 5.90. The Labute approximate surface area is 115 Å². The van der Waals surface area contributed by atoms with Crippen LogP contribution in [-0.4, -0.2) is 9.97 Å². The van der Waals surface area contributed by atoms with Gasteiger partial charge < -0.3 is 0 Å². The van der Waals surface area contributed by atoms with Crippen LogP contribution in [0.1, 0.15) is 11.4 Å². The largest absolute Gasteiger partial charge is 0.221 e. The molecule has 2 nitrogen and oxygen atoms in total. The Bertz CT molecular complexity index is 509. The van der Waals surface area contributed by atoms with Crippen molar-refractivity contribution in [3.8, 4) is 0 Å². The molecule has 1 heterocycles. The molecular formula is C12H9Cl3N2. The molecule has 1 aromatic heterocycles. The molecule has 0 unspecified atom stereocenters. The summed E-state index contributed by atoms with van der Waals surface area (Å²) in [6.45, 7) is 0. The van der Waals surface area contributed by atoms with Gasteiger partial charge in [0.05, 0.1) is 0 Å². The molecule has 17 heavy (non-hydrogen) atoms. The van der Waals surface area contributed by atoms with Gasteiger partial charge >= 0.3 is 0 Å². The molecule has 5 heteroatoms. The first-order valence-electron chi connectivity index (χ1n) is 5.07. The summed E-state index contributed by atoms with van der Waals surface area (Å²) >= 11 is 17.5. The third-order valence-electron chi connectivity index (χ3n) is 2.24. The molecule has 2 aromatic rings. The van der Waals surface area contributed by atoms with E-state index in [1.807, 2.05) is 24.3 Å². The van der Waals surface area contributed by atoms with Crippen molar-refractivity contribution in [2.45, 2.75) is 12.8 Å². The second kappa shape index (κ2) is 5.67. The number of nitrogens with zero attached hydrogens (tertiary/aromatic N) is 2. The summed E-state index contributed by atoms with van der Waals surface area (Å²) in [5.41, 5.74) is 1.14. The van der Waals surface area contributed by atoms with Crippen molar-refractivity contribution in [1.29, 1.82) is 0 Å². The Morgan fingerprint density at radius 3 is 2.24 bits per heavy atom. The lowest BCUT2D eigenvalue weighted by atomic mass is 10.1. The topological polar surface area (TPSA) is 25.8 Å². The van der Waals surface area contributed by atoms with E-state index >= 15 is 0 Å². The molecule has 0 bridgehead atoms. The molecule has 0 saturated carbocycles. The van der Waals surface area contributed by atoms with Gasteiger partial charge in [0.25, 0.3) is 0 Å². The molecule has 0 amide bonds.